The van der Waals surface area contributed by atoms with Crippen LogP contribution in [0.2, 0.25) is 0 Å². The van der Waals surface area contributed by atoms with E-state index in [1.165, 1.54) is 35.6 Å². The Morgan fingerprint density at radius 1 is 1.03 bits per heavy atom. The predicted molar refractivity (Wildman–Crippen MR) is 111 cm³/mol. The first-order chi connectivity index (χ1) is 14.1. The first-order valence-corrected chi connectivity index (χ1v) is 10.4. The van der Waals surface area contributed by atoms with Gasteiger partial charge in [-0.25, -0.2) is 13.8 Å². The zero-order chi connectivity index (χ0) is 20.4. The molecule has 2 heterocycles. The maximum absolute atomic E-state index is 13.4. The number of thiazole rings is 1. The van der Waals surface area contributed by atoms with Gasteiger partial charge in [-0.15, -0.1) is 11.3 Å². The van der Waals surface area contributed by atoms with Gasteiger partial charge in [-0.2, -0.15) is 0 Å². The molecule has 1 amide bonds. The van der Waals surface area contributed by atoms with Gasteiger partial charge in [0.2, 0.25) is 0 Å². The fourth-order valence-electron chi connectivity index (χ4n) is 3.63. The van der Waals surface area contributed by atoms with Crippen molar-refractivity contribution in [2.45, 2.75) is 25.3 Å². The van der Waals surface area contributed by atoms with E-state index in [0.29, 0.717) is 28.7 Å². The minimum atomic E-state index is -0.343. The van der Waals surface area contributed by atoms with E-state index in [1.807, 2.05) is 0 Å². The molecule has 1 aliphatic heterocycles. The molecule has 0 saturated carbocycles. The van der Waals surface area contributed by atoms with Crippen LogP contribution < -0.4 is 5.73 Å². The van der Waals surface area contributed by atoms with Crippen LogP contribution in [0, 0.1) is 11.6 Å². The molecule has 4 rings (SSSR count). The molecule has 29 heavy (non-hydrogen) atoms. The second-order valence-electron chi connectivity index (χ2n) is 7.09. The number of hydrogen-bond donors (Lipinski definition) is 1. The number of halogens is 2. The van der Waals surface area contributed by atoms with Crippen LogP contribution in [0.3, 0.4) is 0 Å². The number of nitrogens with two attached hydrogens (primary N) is 1. The van der Waals surface area contributed by atoms with E-state index in [2.05, 4.69) is 4.98 Å². The fourth-order valence-corrected chi connectivity index (χ4v) is 4.69. The molecule has 150 valence electrons. The van der Waals surface area contributed by atoms with Crippen LogP contribution in [0.4, 0.5) is 8.78 Å². The number of carbonyl (C=O) groups is 1. The third kappa shape index (κ3) is 4.06. The molecule has 1 fully saturated rings. The van der Waals surface area contributed by atoms with Gasteiger partial charge in [0, 0.05) is 24.7 Å². The van der Waals surface area contributed by atoms with Gasteiger partial charge in [-0.05, 0) is 61.2 Å². The third-order valence-electron chi connectivity index (χ3n) is 5.19. The lowest BCUT2D eigenvalue weighted by Gasteiger charge is -2.34. The summed E-state index contributed by atoms with van der Waals surface area (Å²) < 4.78 is 26.7. The van der Waals surface area contributed by atoms with Crippen molar-refractivity contribution in [1.29, 1.82) is 0 Å². The molecule has 1 unspecified atom stereocenters. The van der Waals surface area contributed by atoms with Crippen molar-refractivity contribution in [3.63, 3.8) is 0 Å². The summed E-state index contributed by atoms with van der Waals surface area (Å²) in [4.78, 5) is 20.5. The largest absolute Gasteiger partial charge is 0.333 e. The number of piperidine rings is 1. The van der Waals surface area contributed by atoms with Crippen molar-refractivity contribution in [1.82, 2.24) is 9.88 Å². The average molecular weight is 413 g/mol. The Balaban J connectivity index is 1.79. The van der Waals surface area contributed by atoms with Gasteiger partial charge in [0.25, 0.3) is 5.91 Å². The van der Waals surface area contributed by atoms with Gasteiger partial charge in [0.05, 0.1) is 4.88 Å². The highest BCUT2D eigenvalue weighted by atomic mass is 32.1. The Bertz CT molecular complexity index is 1000. The fraction of sp³-hybridized carbons (Fsp3) is 0.273. The van der Waals surface area contributed by atoms with Gasteiger partial charge in [-0.3, -0.25) is 4.79 Å². The number of benzene rings is 2. The van der Waals surface area contributed by atoms with E-state index >= 15 is 0 Å². The summed E-state index contributed by atoms with van der Waals surface area (Å²) in [6.07, 6.45) is 2.86. The molecule has 4 nitrogen and oxygen atoms in total. The Kier molecular flexibility index (Phi) is 5.69. The molecule has 7 heteroatoms. The summed E-state index contributed by atoms with van der Waals surface area (Å²) in [7, 11) is 0. The second kappa shape index (κ2) is 8.39. The molecule has 0 spiro atoms. The normalized spacial score (nSPS) is 16.8. The summed E-state index contributed by atoms with van der Waals surface area (Å²) >= 11 is 1.34. The number of aromatic nitrogens is 1. The molecule has 3 aromatic rings. The Morgan fingerprint density at radius 2 is 1.66 bits per heavy atom. The summed E-state index contributed by atoms with van der Waals surface area (Å²) in [5.41, 5.74) is 7.68. The lowest BCUT2D eigenvalue weighted by molar-refractivity contribution is 0.0619. The lowest BCUT2D eigenvalue weighted by Crippen LogP contribution is -2.47. The molecular weight excluding hydrogens is 392 g/mol. The van der Waals surface area contributed by atoms with Gasteiger partial charge in [0.15, 0.2) is 0 Å². The maximum atomic E-state index is 13.4. The van der Waals surface area contributed by atoms with E-state index in [4.69, 9.17) is 5.73 Å². The SMILES string of the molecule is NCC1CCCCN1C(=O)c1nc(-c2ccc(F)cc2)sc1-c1ccc(F)cc1. The molecule has 1 atom stereocenters. The molecule has 0 aliphatic carbocycles. The zero-order valence-corrected chi connectivity index (χ0v) is 16.6. The van der Waals surface area contributed by atoms with Gasteiger partial charge in [0.1, 0.15) is 22.3 Å². The zero-order valence-electron chi connectivity index (χ0n) is 15.8. The quantitative estimate of drug-likeness (QED) is 0.674. The first kappa shape index (κ1) is 19.7. The van der Waals surface area contributed by atoms with E-state index in [9.17, 15) is 13.6 Å². The number of carbonyl (C=O) groups excluding carboxylic acids is 1. The Hall–Kier alpha value is -2.64. The van der Waals surface area contributed by atoms with Crippen molar-refractivity contribution in [3.8, 4) is 21.0 Å². The minimum absolute atomic E-state index is 0.00621. The smallest absolute Gasteiger partial charge is 0.274 e. The molecular formula is C22H21F2N3OS. The predicted octanol–water partition coefficient (Wildman–Crippen LogP) is 4.71. The Morgan fingerprint density at radius 3 is 2.28 bits per heavy atom. The van der Waals surface area contributed by atoms with Crippen molar-refractivity contribution >= 4 is 17.2 Å². The van der Waals surface area contributed by atoms with E-state index in [-0.39, 0.29) is 23.6 Å². The number of hydrogen-bond acceptors (Lipinski definition) is 4. The van der Waals surface area contributed by atoms with E-state index < -0.39 is 0 Å². The van der Waals surface area contributed by atoms with Crippen LogP contribution >= 0.6 is 11.3 Å². The molecule has 1 saturated heterocycles. The van der Waals surface area contributed by atoms with Gasteiger partial charge >= 0.3 is 0 Å². The van der Waals surface area contributed by atoms with Crippen molar-refractivity contribution in [2.75, 3.05) is 13.1 Å². The van der Waals surface area contributed by atoms with Crippen LogP contribution in [0.5, 0.6) is 0 Å². The number of rotatable bonds is 4. The van der Waals surface area contributed by atoms with Crippen LogP contribution in [-0.2, 0) is 0 Å². The highest BCUT2D eigenvalue weighted by Crippen LogP contribution is 2.37. The monoisotopic (exact) mass is 413 g/mol. The third-order valence-corrected chi connectivity index (χ3v) is 6.34. The van der Waals surface area contributed by atoms with Crippen molar-refractivity contribution in [2.24, 2.45) is 5.73 Å². The van der Waals surface area contributed by atoms with Crippen molar-refractivity contribution < 1.29 is 13.6 Å². The number of likely N-dealkylation sites (tertiary alicyclic amines) is 1. The Labute approximate surface area is 172 Å². The summed E-state index contributed by atoms with van der Waals surface area (Å²) in [5, 5.41) is 0.619. The van der Waals surface area contributed by atoms with Crippen LogP contribution in [0.1, 0.15) is 29.8 Å². The standard InChI is InChI=1S/C22H21F2N3OS/c23-16-8-4-14(5-9-16)20-19(22(28)27-12-2-1-3-18(27)13-25)26-21(29-20)15-6-10-17(24)11-7-15/h4-11,18H,1-3,12-13,25H2. The van der Waals surface area contributed by atoms with E-state index in [0.717, 1.165) is 30.4 Å². The van der Waals surface area contributed by atoms with Crippen molar-refractivity contribution in [3.05, 3.63) is 65.9 Å². The molecule has 1 aliphatic rings. The maximum Gasteiger partial charge on any atom is 0.274 e. The summed E-state index contributed by atoms with van der Waals surface area (Å²) in [6, 6.07) is 12.0. The minimum Gasteiger partial charge on any atom is -0.333 e. The summed E-state index contributed by atoms with van der Waals surface area (Å²) in [5.74, 6) is -0.840. The molecule has 2 N–H and O–H groups in total. The van der Waals surface area contributed by atoms with Gasteiger partial charge in [-0.1, -0.05) is 12.1 Å². The molecule has 2 aromatic carbocycles. The second-order valence-corrected chi connectivity index (χ2v) is 8.09. The molecule has 0 bridgehead atoms. The lowest BCUT2D eigenvalue weighted by atomic mass is 10.0. The van der Waals surface area contributed by atoms with Crippen LogP contribution in [0.25, 0.3) is 21.0 Å². The molecule has 1 aromatic heterocycles. The number of amides is 1. The molecule has 0 radical (unpaired) electrons. The topological polar surface area (TPSA) is 59.2 Å². The van der Waals surface area contributed by atoms with E-state index in [1.54, 1.807) is 29.2 Å². The average Bonchev–Trinajstić information content (AvgIpc) is 3.19. The number of nitrogens with zero attached hydrogens (tertiary/aromatic N) is 2. The highest BCUT2D eigenvalue weighted by Gasteiger charge is 2.30. The highest BCUT2D eigenvalue weighted by molar-refractivity contribution is 7.18. The first-order valence-electron chi connectivity index (χ1n) is 9.60. The van der Waals surface area contributed by atoms with Crippen LogP contribution in [0.15, 0.2) is 48.5 Å². The van der Waals surface area contributed by atoms with Crippen LogP contribution in [-0.4, -0.2) is 34.9 Å². The van der Waals surface area contributed by atoms with Gasteiger partial charge < -0.3 is 10.6 Å². The summed E-state index contributed by atoms with van der Waals surface area (Å²) in [6.45, 7) is 1.06.